The van der Waals surface area contributed by atoms with Gasteiger partial charge >= 0.3 is 0 Å². The lowest BCUT2D eigenvalue weighted by atomic mass is 10.2. The van der Waals surface area contributed by atoms with Crippen molar-refractivity contribution in [1.29, 1.82) is 0 Å². The van der Waals surface area contributed by atoms with Gasteiger partial charge in [0.2, 0.25) is 0 Å². The molecule has 0 bridgehead atoms. The molecule has 0 amide bonds. The summed E-state index contributed by atoms with van der Waals surface area (Å²) in [6.45, 7) is 5.27. The van der Waals surface area contributed by atoms with Crippen molar-refractivity contribution in [2.24, 2.45) is 0 Å². The Labute approximate surface area is 110 Å². The van der Waals surface area contributed by atoms with Crippen LogP contribution in [0.3, 0.4) is 0 Å². The Hall–Kier alpha value is -1.32. The molecule has 0 unspecified atom stereocenters. The quantitative estimate of drug-likeness (QED) is 0.786. The van der Waals surface area contributed by atoms with Crippen LogP contribution in [0.5, 0.6) is 0 Å². The Bertz CT molecular complexity index is 413. The van der Waals surface area contributed by atoms with E-state index in [2.05, 4.69) is 23.9 Å². The molecule has 0 spiro atoms. The lowest BCUT2D eigenvalue weighted by molar-refractivity contribution is 0.698. The summed E-state index contributed by atoms with van der Waals surface area (Å²) in [5, 5.41) is 0. The Kier molecular flexibility index (Phi) is 4.04. The lowest BCUT2D eigenvalue weighted by Gasteiger charge is -2.21. The molecular weight excluding hydrogens is 224 g/mol. The van der Waals surface area contributed by atoms with E-state index in [-0.39, 0.29) is 0 Å². The molecule has 100 valence electrons. The second kappa shape index (κ2) is 5.55. The third kappa shape index (κ3) is 2.92. The largest absolute Gasteiger partial charge is 0.383 e. The number of nitrogens with two attached hydrogens (primary N) is 1. The van der Waals surface area contributed by atoms with Gasteiger partial charge in [-0.05, 0) is 26.2 Å². The fourth-order valence-corrected chi connectivity index (χ4v) is 2.14. The zero-order valence-corrected chi connectivity index (χ0v) is 11.7. The van der Waals surface area contributed by atoms with Gasteiger partial charge in [-0.15, -0.1) is 0 Å². The molecule has 0 saturated heterocycles. The van der Waals surface area contributed by atoms with Crippen molar-refractivity contribution in [2.75, 3.05) is 24.2 Å². The number of unbranched alkanes of at least 4 members (excludes halogenated alkanes) is 2. The Morgan fingerprint density at radius 1 is 1.28 bits per heavy atom. The standard InChI is InChI=1S/C14H24N4/c1-4-5-6-9-18(3)14-10(2)12(15)16-13(17-14)11-7-8-11/h11H,4-9H2,1-3H3,(H2,15,16,17). The third-order valence-electron chi connectivity index (χ3n) is 3.58. The van der Waals surface area contributed by atoms with Gasteiger partial charge in [0.25, 0.3) is 0 Å². The first kappa shape index (κ1) is 13.1. The van der Waals surface area contributed by atoms with Gasteiger partial charge in [0.15, 0.2) is 0 Å². The molecule has 1 saturated carbocycles. The van der Waals surface area contributed by atoms with E-state index in [0.29, 0.717) is 11.7 Å². The molecule has 4 heteroatoms. The lowest BCUT2D eigenvalue weighted by Crippen LogP contribution is -2.22. The van der Waals surface area contributed by atoms with Crippen LogP contribution in [0.15, 0.2) is 0 Å². The summed E-state index contributed by atoms with van der Waals surface area (Å²) in [5.74, 6) is 3.15. The summed E-state index contributed by atoms with van der Waals surface area (Å²) in [5.41, 5.74) is 7.01. The first-order valence-electron chi connectivity index (χ1n) is 6.98. The van der Waals surface area contributed by atoms with E-state index in [0.717, 1.165) is 23.8 Å². The Morgan fingerprint density at radius 3 is 2.61 bits per heavy atom. The second-order valence-corrected chi connectivity index (χ2v) is 5.32. The highest BCUT2D eigenvalue weighted by atomic mass is 15.2. The minimum Gasteiger partial charge on any atom is -0.383 e. The molecule has 2 rings (SSSR count). The van der Waals surface area contributed by atoms with Crippen LogP contribution in [-0.4, -0.2) is 23.6 Å². The fraction of sp³-hybridized carbons (Fsp3) is 0.714. The van der Waals surface area contributed by atoms with E-state index < -0.39 is 0 Å². The Balaban J connectivity index is 2.14. The highest BCUT2D eigenvalue weighted by molar-refractivity contribution is 5.56. The average molecular weight is 248 g/mol. The summed E-state index contributed by atoms with van der Waals surface area (Å²) in [4.78, 5) is 11.3. The number of hydrogen-bond acceptors (Lipinski definition) is 4. The van der Waals surface area contributed by atoms with Crippen LogP contribution >= 0.6 is 0 Å². The monoisotopic (exact) mass is 248 g/mol. The zero-order valence-electron chi connectivity index (χ0n) is 11.7. The first-order chi connectivity index (χ1) is 8.63. The van der Waals surface area contributed by atoms with Crippen LogP contribution in [0.25, 0.3) is 0 Å². The second-order valence-electron chi connectivity index (χ2n) is 5.32. The number of anilines is 2. The third-order valence-corrected chi connectivity index (χ3v) is 3.58. The van der Waals surface area contributed by atoms with Crippen LogP contribution in [0.4, 0.5) is 11.6 Å². The van der Waals surface area contributed by atoms with Gasteiger partial charge in [-0.2, -0.15) is 0 Å². The van der Waals surface area contributed by atoms with Crippen LogP contribution < -0.4 is 10.6 Å². The summed E-state index contributed by atoms with van der Waals surface area (Å²) >= 11 is 0. The summed E-state index contributed by atoms with van der Waals surface area (Å²) in [6.07, 6.45) is 6.13. The van der Waals surface area contributed by atoms with Gasteiger partial charge in [0, 0.05) is 25.1 Å². The van der Waals surface area contributed by atoms with Crippen molar-refractivity contribution < 1.29 is 0 Å². The van der Waals surface area contributed by atoms with Crippen LogP contribution in [0, 0.1) is 6.92 Å². The number of aromatic nitrogens is 2. The molecule has 1 aromatic rings. The van der Waals surface area contributed by atoms with Crippen molar-refractivity contribution in [2.45, 2.75) is 51.9 Å². The van der Waals surface area contributed by atoms with Gasteiger partial charge in [-0.1, -0.05) is 19.8 Å². The number of nitrogen functional groups attached to an aromatic ring is 1. The van der Waals surface area contributed by atoms with Gasteiger partial charge in [-0.25, -0.2) is 9.97 Å². The van der Waals surface area contributed by atoms with Crippen molar-refractivity contribution in [3.63, 3.8) is 0 Å². The molecule has 1 aliphatic carbocycles. The van der Waals surface area contributed by atoms with E-state index >= 15 is 0 Å². The maximum atomic E-state index is 6.00. The molecule has 1 fully saturated rings. The van der Waals surface area contributed by atoms with Gasteiger partial charge < -0.3 is 10.6 Å². The van der Waals surface area contributed by atoms with Crippen molar-refractivity contribution in [1.82, 2.24) is 9.97 Å². The smallest absolute Gasteiger partial charge is 0.137 e. The predicted octanol–water partition coefficient (Wildman–Crippen LogP) is 2.87. The minimum absolute atomic E-state index is 0.552. The minimum atomic E-state index is 0.552. The summed E-state index contributed by atoms with van der Waals surface area (Å²) in [7, 11) is 2.10. The highest BCUT2D eigenvalue weighted by Gasteiger charge is 2.28. The summed E-state index contributed by atoms with van der Waals surface area (Å²) in [6, 6.07) is 0. The normalized spacial score (nSPS) is 14.8. The molecule has 0 atom stereocenters. The molecule has 0 aromatic carbocycles. The van der Waals surface area contributed by atoms with E-state index in [1.807, 2.05) is 6.92 Å². The fourth-order valence-electron chi connectivity index (χ4n) is 2.14. The van der Waals surface area contributed by atoms with E-state index in [1.54, 1.807) is 0 Å². The number of hydrogen-bond donors (Lipinski definition) is 1. The predicted molar refractivity (Wildman–Crippen MR) is 76.0 cm³/mol. The van der Waals surface area contributed by atoms with Gasteiger partial charge in [0.1, 0.15) is 17.5 Å². The van der Waals surface area contributed by atoms with Crippen molar-refractivity contribution in [3.8, 4) is 0 Å². The van der Waals surface area contributed by atoms with Gasteiger partial charge in [-0.3, -0.25) is 0 Å². The average Bonchev–Trinajstić information content (AvgIpc) is 3.16. The van der Waals surface area contributed by atoms with E-state index in [9.17, 15) is 0 Å². The maximum absolute atomic E-state index is 6.00. The highest BCUT2D eigenvalue weighted by Crippen LogP contribution is 2.39. The molecule has 18 heavy (non-hydrogen) atoms. The molecule has 1 heterocycles. The SMILES string of the molecule is CCCCCN(C)c1nc(C2CC2)nc(N)c1C. The maximum Gasteiger partial charge on any atom is 0.137 e. The topological polar surface area (TPSA) is 55.0 Å². The Morgan fingerprint density at radius 2 is 2.00 bits per heavy atom. The van der Waals surface area contributed by atoms with Crippen molar-refractivity contribution in [3.05, 3.63) is 11.4 Å². The molecule has 1 aliphatic rings. The molecule has 1 aromatic heterocycles. The molecule has 2 N–H and O–H groups in total. The first-order valence-corrected chi connectivity index (χ1v) is 6.98. The molecule has 0 radical (unpaired) electrons. The van der Waals surface area contributed by atoms with Crippen LogP contribution in [0.1, 0.15) is 56.3 Å². The number of nitrogens with zero attached hydrogens (tertiary/aromatic N) is 3. The van der Waals surface area contributed by atoms with E-state index in [1.165, 1.54) is 32.1 Å². The van der Waals surface area contributed by atoms with Gasteiger partial charge in [0.05, 0.1) is 0 Å². The molecular formula is C14H24N4. The zero-order chi connectivity index (χ0) is 13.1. The summed E-state index contributed by atoms with van der Waals surface area (Å²) < 4.78 is 0. The van der Waals surface area contributed by atoms with E-state index in [4.69, 9.17) is 10.7 Å². The number of rotatable bonds is 6. The van der Waals surface area contributed by atoms with Crippen LogP contribution in [-0.2, 0) is 0 Å². The van der Waals surface area contributed by atoms with Crippen molar-refractivity contribution >= 4 is 11.6 Å². The van der Waals surface area contributed by atoms with Crippen LogP contribution in [0.2, 0.25) is 0 Å². The molecule has 4 nitrogen and oxygen atoms in total. The molecule has 0 aliphatic heterocycles.